The maximum atomic E-state index is 13.0. The fourth-order valence-electron chi connectivity index (χ4n) is 2.79. The molecule has 2 N–H and O–H groups in total. The van der Waals surface area contributed by atoms with Crippen molar-refractivity contribution in [2.75, 3.05) is 7.11 Å². The van der Waals surface area contributed by atoms with Gasteiger partial charge in [0.25, 0.3) is 0 Å². The van der Waals surface area contributed by atoms with Gasteiger partial charge in [0.15, 0.2) is 11.5 Å². The SMILES string of the molecule is COc1cc2[nH]c(C(=O)O)cc2cc1OCc1cc(C(F)(F)F)cc(C(F)(F)F)c1. The lowest BCUT2D eigenvalue weighted by molar-refractivity contribution is -0.143. The van der Waals surface area contributed by atoms with Gasteiger partial charge in [0.2, 0.25) is 0 Å². The Kier molecular flexibility index (Phi) is 5.31. The van der Waals surface area contributed by atoms with Crippen LogP contribution < -0.4 is 9.47 Å². The first kappa shape index (κ1) is 21.3. The number of carboxylic acid groups (broad SMARTS) is 1. The number of halogens is 6. The summed E-state index contributed by atoms with van der Waals surface area (Å²) in [6.07, 6.45) is -9.93. The van der Waals surface area contributed by atoms with Gasteiger partial charge in [0.05, 0.1) is 23.8 Å². The summed E-state index contributed by atoms with van der Waals surface area (Å²) in [5.74, 6) is -1.08. The van der Waals surface area contributed by atoms with E-state index in [1.807, 2.05) is 0 Å². The number of benzene rings is 2. The summed E-state index contributed by atoms with van der Waals surface area (Å²) in [5.41, 5.74) is -2.96. The van der Waals surface area contributed by atoms with E-state index in [-0.39, 0.29) is 28.8 Å². The highest BCUT2D eigenvalue weighted by Crippen LogP contribution is 2.37. The molecule has 0 unspecified atom stereocenters. The average Bonchev–Trinajstić information content (AvgIpc) is 3.07. The predicted octanol–water partition coefficient (Wildman–Crippen LogP) is 5.49. The van der Waals surface area contributed by atoms with Crippen molar-refractivity contribution >= 4 is 16.9 Å². The van der Waals surface area contributed by atoms with Gasteiger partial charge in [-0.05, 0) is 35.9 Å². The van der Waals surface area contributed by atoms with E-state index in [4.69, 9.17) is 14.6 Å². The number of carboxylic acids is 1. The van der Waals surface area contributed by atoms with Crippen LogP contribution in [0.25, 0.3) is 10.9 Å². The molecule has 0 aliphatic rings. The molecule has 0 radical (unpaired) electrons. The molecular weight excluding hydrogens is 420 g/mol. The number of H-pyrrole nitrogens is 1. The van der Waals surface area contributed by atoms with Gasteiger partial charge in [-0.1, -0.05) is 0 Å². The van der Waals surface area contributed by atoms with E-state index in [0.717, 1.165) is 0 Å². The van der Waals surface area contributed by atoms with Crippen LogP contribution in [0.4, 0.5) is 26.3 Å². The third-order valence-corrected chi connectivity index (χ3v) is 4.18. The Morgan fingerprint density at radius 3 is 2.03 bits per heavy atom. The lowest BCUT2D eigenvalue weighted by Gasteiger charge is -2.15. The molecule has 11 heteroatoms. The molecule has 0 fully saturated rings. The standard InChI is InChI=1S/C19H13F6NO4/c1-29-15-7-13-10(4-14(26-13)17(27)28)5-16(15)30-8-9-2-11(18(20,21)22)6-12(3-9)19(23,24)25/h2-7,26H,8H2,1H3,(H,27,28). The normalized spacial score (nSPS) is 12.2. The number of hydrogen-bond donors (Lipinski definition) is 2. The number of nitrogens with one attached hydrogen (secondary N) is 1. The maximum absolute atomic E-state index is 13.0. The quantitative estimate of drug-likeness (QED) is 0.522. The predicted molar refractivity (Wildman–Crippen MR) is 92.6 cm³/mol. The minimum atomic E-state index is -4.97. The van der Waals surface area contributed by atoms with E-state index in [9.17, 15) is 31.1 Å². The second-order valence-corrected chi connectivity index (χ2v) is 6.28. The Morgan fingerprint density at radius 2 is 1.53 bits per heavy atom. The van der Waals surface area contributed by atoms with Crippen molar-refractivity contribution in [3.8, 4) is 11.5 Å². The highest BCUT2D eigenvalue weighted by molar-refractivity contribution is 5.94. The first-order chi connectivity index (χ1) is 13.9. The number of fused-ring (bicyclic) bond motifs is 1. The van der Waals surface area contributed by atoms with Crippen molar-refractivity contribution in [1.82, 2.24) is 4.98 Å². The number of aromatic nitrogens is 1. The molecule has 1 aromatic heterocycles. The minimum absolute atomic E-state index is 0.0203. The van der Waals surface area contributed by atoms with Crippen molar-refractivity contribution in [1.29, 1.82) is 0 Å². The monoisotopic (exact) mass is 433 g/mol. The highest BCUT2D eigenvalue weighted by atomic mass is 19.4. The average molecular weight is 433 g/mol. The molecule has 0 aliphatic heterocycles. The molecule has 0 bridgehead atoms. The molecule has 1 heterocycles. The molecular formula is C19H13F6NO4. The number of aromatic carboxylic acids is 1. The second-order valence-electron chi connectivity index (χ2n) is 6.28. The van der Waals surface area contributed by atoms with Crippen LogP contribution in [0.5, 0.6) is 11.5 Å². The third-order valence-electron chi connectivity index (χ3n) is 4.18. The van der Waals surface area contributed by atoms with Crippen LogP contribution in [-0.2, 0) is 19.0 Å². The summed E-state index contributed by atoms with van der Waals surface area (Å²) >= 11 is 0. The summed E-state index contributed by atoms with van der Waals surface area (Å²) < 4.78 is 88.4. The second kappa shape index (κ2) is 7.47. The molecule has 30 heavy (non-hydrogen) atoms. The zero-order valence-electron chi connectivity index (χ0n) is 15.1. The molecule has 0 amide bonds. The van der Waals surface area contributed by atoms with Gasteiger partial charge in [-0.15, -0.1) is 0 Å². The van der Waals surface area contributed by atoms with Crippen LogP contribution in [0, 0.1) is 0 Å². The van der Waals surface area contributed by atoms with Gasteiger partial charge >= 0.3 is 18.3 Å². The van der Waals surface area contributed by atoms with Gasteiger partial charge in [-0.3, -0.25) is 0 Å². The first-order valence-corrected chi connectivity index (χ1v) is 8.23. The number of methoxy groups -OCH3 is 1. The first-order valence-electron chi connectivity index (χ1n) is 8.23. The number of ether oxygens (including phenoxy) is 2. The van der Waals surface area contributed by atoms with Crippen LogP contribution in [-0.4, -0.2) is 23.2 Å². The Balaban J connectivity index is 1.96. The number of carbonyl (C=O) groups is 1. The smallest absolute Gasteiger partial charge is 0.416 e. The van der Waals surface area contributed by atoms with E-state index in [1.165, 1.54) is 25.3 Å². The molecule has 0 saturated heterocycles. The van der Waals surface area contributed by atoms with Crippen LogP contribution in [0.1, 0.15) is 27.2 Å². The van der Waals surface area contributed by atoms with E-state index in [0.29, 0.717) is 23.0 Å². The fourth-order valence-corrected chi connectivity index (χ4v) is 2.79. The van der Waals surface area contributed by atoms with Crippen LogP contribution in [0.3, 0.4) is 0 Å². The van der Waals surface area contributed by atoms with Crippen LogP contribution in [0.2, 0.25) is 0 Å². The molecule has 0 aliphatic carbocycles. The minimum Gasteiger partial charge on any atom is -0.493 e. The molecule has 3 rings (SSSR count). The molecule has 2 aromatic carbocycles. The van der Waals surface area contributed by atoms with Gasteiger partial charge in [-0.2, -0.15) is 26.3 Å². The molecule has 0 saturated carbocycles. The number of rotatable bonds is 5. The van der Waals surface area contributed by atoms with Crippen molar-refractivity contribution in [3.63, 3.8) is 0 Å². The Labute approximate surface area is 164 Å². The van der Waals surface area contributed by atoms with Gasteiger partial charge < -0.3 is 19.6 Å². The zero-order valence-corrected chi connectivity index (χ0v) is 15.1. The van der Waals surface area contributed by atoms with E-state index in [2.05, 4.69) is 4.98 Å². The number of alkyl halides is 6. The largest absolute Gasteiger partial charge is 0.493 e. The number of aromatic amines is 1. The molecule has 0 spiro atoms. The van der Waals surface area contributed by atoms with Crippen molar-refractivity contribution in [3.05, 3.63) is 58.8 Å². The Morgan fingerprint density at radius 1 is 0.933 bits per heavy atom. The van der Waals surface area contributed by atoms with E-state index >= 15 is 0 Å². The van der Waals surface area contributed by atoms with Crippen molar-refractivity contribution in [2.45, 2.75) is 19.0 Å². The van der Waals surface area contributed by atoms with Gasteiger partial charge in [-0.25, -0.2) is 4.79 Å². The molecule has 3 aromatic rings. The summed E-state index contributed by atoms with van der Waals surface area (Å²) in [7, 11) is 1.28. The lowest BCUT2D eigenvalue weighted by Crippen LogP contribution is -2.12. The molecule has 0 atom stereocenters. The fraction of sp³-hybridized carbons (Fsp3) is 0.211. The van der Waals surface area contributed by atoms with Crippen molar-refractivity contribution < 1.29 is 45.7 Å². The summed E-state index contributed by atoms with van der Waals surface area (Å²) in [6, 6.07) is 5.25. The van der Waals surface area contributed by atoms with Gasteiger partial charge in [0.1, 0.15) is 12.3 Å². The molecule has 160 valence electrons. The summed E-state index contributed by atoms with van der Waals surface area (Å²) in [6.45, 7) is -0.606. The van der Waals surface area contributed by atoms with Crippen molar-refractivity contribution in [2.24, 2.45) is 0 Å². The summed E-state index contributed by atoms with van der Waals surface area (Å²) in [5, 5.41) is 9.45. The molecule has 5 nitrogen and oxygen atoms in total. The zero-order chi connectivity index (χ0) is 22.3. The lowest BCUT2D eigenvalue weighted by atomic mass is 10.1. The van der Waals surface area contributed by atoms with E-state index < -0.39 is 36.1 Å². The maximum Gasteiger partial charge on any atom is 0.416 e. The third kappa shape index (κ3) is 4.44. The Hall–Kier alpha value is -3.37. The number of hydrogen-bond acceptors (Lipinski definition) is 3. The summed E-state index contributed by atoms with van der Waals surface area (Å²) in [4.78, 5) is 13.7. The van der Waals surface area contributed by atoms with Crippen LogP contribution >= 0.6 is 0 Å². The Bertz CT molecular complexity index is 1070. The van der Waals surface area contributed by atoms with Crippen LogP contribution in [0.15, 0.2) is 36.4 Å². The highest BCUT2D eigenvalue weighted by Gasteiger charge is 2.36. The van der Waals surface area contributed by atoms with Gasteiger partial charge in [0, 0.05) is 11.5 Å². The van der Waals surface area contributed by atoms with E-state index in [1.54, 1.807) is 0 Å². The topological polar surface area (TPSA) is 71.6 Å².